The molecule has 12 nitrogen and oxygen atoms in total. The van der Waals surface area contributed by atoms with Crippen LogP contribution in [0.2, 0.25) is 10.0 Å². The number of ether oxygens (including phenoxy) is 2. The van der Waals surface area contributed by atoms with Crippen molar-refractivity contribution in [3.8, 4) is 17.5 Å². The number of methoxy groups -OCH3 is 1. The molecule has 1 fully saturated rings. The first-order chi connectivity index (χ1) is 23.0. The predicted molar refractivity (Wildman–Crippen MR) is 188 cm³/mol. The van der Waals surface area contributed by atoms with Crippen molar-refractivity contribution in [2.45, 2.75) is 6.54 Å². The van der Waals surface area contributed by atoms with Gasteiger partial charge in [-0.2, -0.15) is 9.99 Å². The van der Waals surface area contributed by atoms with E-state index in [1.807, 2.05) is 0 Å². The van der Waals surface area contributed by atoms with Gasteiger partial charge in [-0.05, 0) is 65.8 Å². The van der Waals surface area contributed by atoms with Gasteiger partial charge in [0.15, 0.2) is 27.0 Å². The number of thiocarbonyl (C=S) groups is 1. The van der Waals surface area contributed by atoms with E-state index in [1.165, 1.54) is 30.3 Å². The number of hydrogen-bond donors (Lipinski definition) is 1. The Morgan fingerprint density at radius 1 is 1.00 bits per heavy atom. The summed E-state index contributed by atoms with van der Waals surface area (Å²) < 4.78 is 15.8. The number of hydrazine groups is 1. The van der Waals surface area contributed by atoms with Crippen molar-refractivity contribution in [3.05, 3.63) is 119 Å². The van der Waals surface area contributed by atoms with Crippen LogP contribution in [-0.4, -0.2) is 46.9 Å². The largest absolute Gasteiger partial charge is 0.493 e. The van der Waals surface area contributed by atoms with Crippen LogP contribution in [0.15, 0.2) is 81.2 Å². The van der Waals surface area contributed by atoms with E-state index in [-0.39, 0.29) is 44.4 Å². The number of imidazole rings is 1. The van der Waals surface area contributed by atoms with Crippen molar-refractivity contribution in [1.82, 2.24) is 29.1 Å². The molecule has 0 aliphatic carbocycles. The first kappa shape index (κ1) is 33.0. The molecule has 3 aromatic carbocycles. The number of benzene rings is 3. The molecule has 6 rings (SSSR count). The number of thioether (sulfide) groups is 1. The van der Waals surface area contributed by atoms with Crippen LogP contribution in [0.4, 0.5) is 0 Å². The quantitative estimate of drug-likeness (QED) is 0.171. The van der Waals surface area contributed by atoms with Crippen molar-refractivity contribution in [3.63, 3.8) is 0 Å². The summed E-state index contributed by atoms with van der Waals surface area (Å²) in [6.45, 7) is 0.0678. The highest BCUT2D eigenvalue weighted by Crippen LogP contribution is 2.36. The molecular weight excluding hydrogens is 699 g/mol. The maximum absolute atomic E-state index is 13.3. The van der Waals surface area contributed by atoms with Crippen LogP contribution in [-0.2, 0) is 25.4 Å². The molecule has 244 valence electrons. The maximum Gasteiger partial charge on any atom is 0.332 e. The van der Waals surface area contributed by atoms with Crippen molar-refractivity contribution in [2.24, 2.45) is 14.1 Å². The molecular formula is C32H24Cl2N6O6S2. The maximum atomic E-state index is 13.3. The number of aryl methyl sites for hydroxylation is 1. The Hall–Kier alpha value is -4.89. The van der Waals surface area contributed by atoms with E-state index in [0.717, 1.165) is 21.3 Å². The number of fused-ring (bicyclic) bond motifs is 1. The molecule has 0 spiro atoms. The van der Waals surface area contributed by atoms with E-state index in [4.69, 9.17) is 44.9 Å². The molecule has 16 heteroatoms. The van der Waals surface area contributed by atoms with Crippen LogP contribution >= 0.6 is 47.2 Å². The lowest BCUT2D eigenvalue weighted by Crippen LogP contribution is -2.44. The van der Waals surface area contributed by atoms with Gasteiger partial charge in [0, 0.05) is 29.7 Å². The second-order valence-corrected chi connectivity index (χ2v) is 13.0. The number of halogens is 2. The van der Waals surface area contributed by atoms with Gasteiger partial charge in [-0.3, -0.25) is 33.5 Å². The first-order valence-electron chi connectivity index (χ1n) is 14.1. The summed E-state index contributed by atoms with van der Waals surface area (Å²) in [5.41, 5.74) is 3.24. The predicted octanol–water partition coefficient (Wildman–Crippen LogP) is 5.14. The van der Waals surface area contributed by atoms with E-state index < -0.39 is 23.1 Å². The molecule has 0 atom stereocenters. The summed E-state index contributed by atoms with van der Waals surface area (Å²) in [5, 5.41) is 1.84. The van der Waals surface area contributed by atoms with E-state index in [1.54, 1.807) is 72.8 Å². The van der Waals surface area contributed by atoms with Crippen LogP contribution in [0, 0.1) is 0 Å². The Labute approximate surface area is 292 Å². The molecule has 2 aromatic heterocycles. The molecule has 1 saturated heterocycles. The molecule has 1 N–H and O–H groups in total. The monoisotopic (exact) mass is 722 g/mol. The Morgan fingerprint density at radius 2 is 1.75 bits per heavy atom. The van der Waals surface area contributed by atoms with Crippen molar-refractivity contribution in [1.29, 1.82) is 0 Å². The fourth-order valence-corrected chi connectivity index (χ4v) is 6.55. The average molecular weight is 724 g/mol. The third kappa shape index (κ3) is 6.22. The Kier molecular flexibility index (Phi) is 9.16. The fraction of sp³-hybridized carbons (Fsp3) is 0.125. The minimum Gasteiger partial charge on any atom is -0.493 e. The van der Waals surface area contributed by atoms with E-state index in [9.17, 15) is 19.2 Å². The summed E-state index contributed by atoms with van der Waals surface area (Å²) in [7, 11) is 4.33. The fourth-order valence-electron chi connectivity index (χ4n) is 4.90. The molecule has 0 bridgehead atoms. The van der Waals surface area contributed by atoms with Crippen LogP contribution < -0.4 is 26.1 Å². The van der Waals surface area contributed by atoms with Gasteiger partial charge in [-0.25, -0.2) is 4.79 Å². The molecule has 0 saturated carbocycles. The zero-order valence-corrected chi connectivity index (χ0v) is 28.5. The number of aromatic nitrogens is 4. The van der Waals surface area contributed by atoms with Gasteiger partial charge in [0.2, 0.25) is 0 Å². The SMILES string of the molecule is COc1cc(C=C2SC(=S)N(NC(=O)c3ccccc3)C2=O)ccc1Oc1nc2c(c(=O)n(C)c(=O)n2C)n1Cc1ccc(Cl)cc1Cl. The summed E-state index contributed by atoms with van der Waals surface area (Å²) in [6, 6.07) is 18.4. The first-order valence-corrected chi connectivity index (χ1v) is 16.0. The second kappa shape index (κ2) is 13.3. The van der Waals surface area contributed by atoms with E-state index in [2.05, 4.69) is 10.4 Å². The van der Waals surface area contributed by atoms with Gasteiger partial charge < -0.3 is 9.47 Å². The van der Waals surface area contributed by atoms with Crippen LogP contribution in [0.3, 0.4) is 0 Å². The van der Waals surface area contributed by atoms with E-state index in [0.29, 0.717) is 26.7 Å². The lowest BCUT2D eigenvalue weighted by Gasteiger charge is -2.15. The Balaban J connectivity index is 1.33. The van der Waals surface area contributed by atoms with Crippen molar-refractivity contribution in [2.75, 3.05) is 7.11 Å². The number of rotatable bonds is 8. The third-order valence-electron chi connectivity index (χ3n) is 7.39. The molecule has 0 radical (unpaired) electrons. The molecule has 3 heterocycles. The third-order valence-corrected chi connectivity index (χ3v) is 9.28. The summed E-state index contributed by atoms with van der Waals surface area (Å²) in [6.07, 6.45) is 1.61. The van der Waals surface area contributed by atoms with Gasteiger partial charge in [0.05, 0.1) is 18.6 Å². The molecule has 1 aliphatic heterocycles. The van der Waals surface area contributed by atoms with Gasteiger partial charge in [0.1, 0.15) is 0 Å². The smallest absolute Gasteiger partial charge is 0.332 e. The average Bonchev–Trinajstić information content (AvgIpc) is 3.56. The minimum atomic E-state index is -0.569. The second-order valence-electron chi connectivity index (χ2n) is 10.4. The Bertz CT molecular complexity index is 2300. The lowest BCUT2D eigenvalue weighted by atomic mass is 10.2. The highest BCUT2D eigenvalue weighted by Gasteiger charge is 2.34. The summed E-state index contributed by atoms with van der Waals surface area (Å²) >= 11 is 19.0. The number of carbonyl (C=O) groups is 2. The van der Waals surface area contributed by atoms with Crippen LogP contribution in [0.5, 0.6) is 17.5 Å². The summed E-state index contributed by atoms with van der Waals surface area (Å²) in [5.74, 6) is -0.451. The van der Waals surface area contributed by atoms with Gasteiger partial charge in [0.25, 0.3) is 17.4 Å². The van der Waals surface area contributed by atoms with E-state index >= 15 is 0 Å². The summed E-state index contributed by atoms with van der Waals surface area (Å²) in [4.78, 5) is 56.6. The standard InChI is InChI=1S/C32H24Cl2N6O6S2/c1-37-26-25(29(43)38(2)31(37)44)39(16-19-10-11-20(33)15-21(19)34)30(35-26)46-22-12-9-17(13-23(22)45-3)14-24-28(42)40(32(47)48-24)36-27(41)18-7-5-4-6-8-18/h4-15H,16H2,1-3H3,(H,36,41). The van der Waals surface area contributed by atoms with Gasteiger partial charge in [-0.1, -0.05) is 65.3 Å². The minimum absolute atomic E-state index is 0.00426. The number of carbonyl (C=O) groups excluding carboxylic acids is 2. The van der Waals surface area contributed by atoms with Crippen molar-refractivity contribution >= 4 is 80.6 Å². The normalized spacial score (nSPS) is 13.9. The topological polar surface area (TPSA) is 130 Å². The van der Waals surface area contributed by atoms with Crippen molar-refractivity contribution < 1.29 is 19.1 Å². The molecule has 2 amide bonds. The molecule has 0 unspecified atom stereocenters. The van der Waals surface area contributed by atoms with Crippen LogP contribution in [0.1, 0.15) is 21.5 Å². The number of amides is 2. The highest BCUT2D eigenvalue weighted by molar-refractivity contribution is 8.26. The van der Waals surface area contributed by atoms with Gasteiger partial charge >= 0.3 is 11.7 Å². The molecule has 48 heavy (non-hydrogen) atoms. The highest BCUT2D eigenvalue weighted by atomic mass is 35.5. The molecule has 1 aliphatic rings. The lowest BCUT2D eigenvalue weighted by molar-refractivity contribution is -0.123. The number of nitrogens with one attached hydrogen (secondary N) is 1. The number of hydrogen-bond acceptors (Lipinski definition) is 9. The zero-order chi connectivity index (χ0) is 34.3. The molecule has 5 aromatic rings. The van der Waals surface area contributed by atoms with Crippen LogP contribution in [0.25, 0.3) is 17.2 Å². The Morgan fingerprint density at radius 3 is 2.46 bits per heavy atom. The number of nitrogens with zero attached hydrogens (tertiary/aromatic N) is 5. The van der Waals surface area contributed by atoms with Gasteiger partial charge in [-0.15, -0.1) is 0 Å². The zero-order valence-electron chi connectivity index (χ0n) is 25.4.